The minimum atomic E-state index is 0.464. The average molecular weight is 158 g/mol. The molecular weight excluding hydrogens is 148 g/mol. The van der Waals surface area contributed by atoms with Gasteiger partial charge < -0.3 is 4.74 Å². The molecule has 1 heteroatoms. The second-order valence-electron chi connectivity index (χ2n) is 2.24. The second-order valence-corrected chi connectivity index (χ2v) is 2.24. The van der Waals surface area contributed by atoms with Crippen LogP contribution in [-0.4, -0.2) is 6.61 Å². The van der Waals surface area contributed by atoms with Crippen molar-refractivity contribution in [1.82, 2.24) is 0 Å². The summed E-state index contributed by atoms with van der Waals surface area (Å²) in [6.45, 7) is 0.464. The Balaban J connectivity index is 2.43. The van der Waals surface area contributed by atoms with Gasteiger partial charge in [-0.05, 0) is 11.6 Å². The molecule has 0 aliphatic rings. The van der Waals surface area contributed by atoms with E-state index in [1.54, 1.807) is 0 Å². The van der Waals surface area contributed by atoms with Gasteiger partial charge in [0.1, 0.15) is 12.7 Å². The van der Waals surface area contributed by atoms with Crippen LogP contribution >= 0.6 is 0 Å². The summed E-state index contributed by atoms with van der Waals surface area (Å²) in [4.78, 5) is 0. The van der Waals surface area contributed by atoms with E-state index in [1.807, 2.05) is 42.5 Å². The maximum atomic E-state index is 4.90. The molecule has 1 aromatic rings. The molecule has 1 aromatic carbocycles. The summed E-state index contributed by atoms with van der Waals surface area (Å²) in [5.41, 5.74) is 1.15. The molecule has 0 unspecified atom stereocenters. The summed E-state index contributed by atoms with van der Waals surface area (Å²) in [6, 6.07) is 10.00. The van der Waals surface area contributed by atoms with Gasteiger partial charge in [-0.25, -0.2) is 0 Å². The summed E-state index contributed by atoms with van der Waals surface area (Å²) >= 11 is 0. The molecule has 0 amide bonds. The SMILES string of the molecule is C#COCC=Cc1ccccc1. The standard InChI is InChI=1S/C11H10O/c1-2-12-10-6-9-11-7-4-3-5-8-11/h1,3-9H,10H2. The molecule has 0 saturated heterocycles. The van der Waals surface area contributed by atoms with Gasteiger partial charge in [-0.1, -0.05) is 42.8 Å². The lowest BCUT2D eigenvalue weighted by Crippen LogP contribution is -1.79. The smallest absolute Gasteiger partial charge is 0.119 e. The van der Waals surface area contributed by atoms with Gasteiger partial charge in [0.2, 0.25) is 0 Å². The summed E-state index contributed by atoms with van der Waals surface area (Å²) in [5, 5.41) is 0. The van der Waals surface area contributed by atoms with Crippen LogP contribution in [0.3, 0.4) is 0 Å². The van der Waals surface area contributed by atoms with E-state index in [9.17, 15) is 0 Å². The number of hydrogen-bond donors (Lipinski definition) is 0. The minimum absolute atomic E-state index is 0.464. The van der Waals surface area contributed by atoms with Crippen LogP contribution in [0.2, 0.25) is 0 Å². The number of hydrogen-bond acceptors (Lipinski definition) is 1. The molecule has 0 N–H and O–H groups in total. The number of terminal acetylenes is 1. The Morgan fingerprint density at radius 2 is 2.08 bits per heavy atom. The van der Waals surface area contributed by atoms with Crippen LogP contribution in [0.5, 0.6) is 0 Å². The molecule has 0 radical (unpaired) electrons. The quantitative estimate of drug-likeness (QED) is 0.484. The van der Waals surface area contributed by atoms with Crippen molar-refractivity contribution in [3.05, 3.63) is 42.0 Å². The largest absolute Gasteiger partial charge is 0.443 e. The molecule has 0 bridgehead atoms. The van der Waals surface area contributed by atoms with E-state index in [0.29, 0.717) is 6.61 Å². The van der Waals surface area contributed by atoms with E-state index in [0.717, 1.165) is 5.56 Å². The van der Waals surface area contributed by atoms with Crippen molar-refractivity contribution >= 4 is 6.08 Å². The van der Waals surface area contributed by atoms with Gasteiger partial charge in [0.25, 0.3) is 0 Å². The van der Waals surface area contributed by atoms with Crippen LogP contribution < -0.4 is 0 Å². The molecule has 0 heterocycles. The van der Waals surface area contributed by atoms with Crippen molar-refractivity contribution in [1.29, 1.82) is 0 Å². The first kappa shape index (κ1) is 8.42. The van der Waals surface area contributed by atoms with Gasteiger partial charge in [0, 0.05) is 0 Å². The second kappa shape index (κ2) is 5.03. The first-order valence-electron chi connectivity index (χ1n) is 3.72. The summed E-state index contributed by atoms with van der Waals surface area (Å²) in [5.74, 6) is 0. The Bertz CT molecular complexity index is 280. The molecule has 1 nitrogen and oxygen atoms in total. The topological polar surface area (TPSA) is 9.23 Å². The number of benzene rings is 1. The summed E-state index contributed by atoms with van der Waals surface area (Å²) in [6.07, 6.45) is 10.9. The third kappa shape index (κ3) is 2.94. The molecule has 12 heavy (non-hydrogen) atoms. The molecule has 0 aliphatic heterocycles. The highest BCUT2D eigenvalue weighted by atomic mass is 16.5. The Morgan fingerprint density at radius 1 is 1.33 bits per heavy atom. The maximum Gasteiger partial charge on any atom is 0.119 e. The number of ether oxygens (including phenoxy) is 1. The van der Waals surface area contributed by atoms with Crippen LogP contribution in [0.1, 0.15) is 5.56 Å². The lowest BCUT2D eigenvalue weighted by molar-refractivity contribution is 0.322. The highest BCUT2D eigenvalue weighted by molar-refractivity contribution is 5.48. The fourth-order valence-electron chi connectivity index (χ4n) is 0.845. The van der Waals surface area contributed by atoms with Crippen LogP contribution in [0.4, 0.5) is 0 Å². The molecule has 0 aromatic heterocycles. The molecule has 60 valence electrons. The fraction of sp³-hybridized carbons (Fsp3) is 0.0909. The van der Waals surface area contributed by atoms with Gasteiger partial charge >= 0.3 is 0 Å². The van der Waals surface area contributed by atoms with Crippen LogP contribution in [0, 0.1) is 12.5 Å². The normalized spacial score (nSPS) is 9.58. The van der Waals surface area contributed by atoms with Gasteiger partial charge in [0.15, 0.2) is 0 Å². The molecular formula is C11H10O. The van der Waals surface area contributed by atoms with Crippen molar-refractivity contribution in [3.63, 3.8) is 0 Å². The van der Waals surface area contributed by atoms with Gasteiger partial charge in [-0.3, -0.25) is 0 Å². The monoisotopic (exact) mass is 158 g/mol. The Hall–Kier alpha value is -1.68. The van der Waals surface area contributed by atoms with Crippen LogP contribution in [-0.2, 0) is 4.74 Å². The minimum Gasteiger partial charge on any atom is -0.443 e. The summed E-state index contributed by atoms with van der Waals surface area (Å²) < 4.78 is 4.70. The van der Waals surface area contributed by atoms with Crippen molar-refractivity contribution in [3.8, 4) is 12.5 Å². The van der Waals surface area contributed by atoms with Gasteiger partial charge in [-0.2, -0.15) is 0 Å². The van der Waals surface area contributed by atoms with Crippen LogP contribution in [0.25, 0.3) is 6.08 Å². The van der Waals surface area contributed by atoms with Gasteiger partial charge in [-0.15, -0.1) is 0 Å². The lowest BCUT2D eigenvalue weighted by atomic mass is 10.2. The zero-order valence-corrected chi connectivity index (χ0v) is 6.73. The first-order valence-corrected chi connectivity index (χ1v) is 3.72. The fourth-order valence-corrected chi connectivity index (χ4v) is 0.845. The van der Waals surface area contributed by atoms with Crippen molar-refractivity contribution in [2.75, 3.05) is 6.61 Å². The lowest BCUT2D eigenvalue weighted by Gasteiger charge is -1.91. The van der Waals surface area contributed by atoms with E-state index in [1.165, 1.54) is 0 Å². The molecule has 0 spiro atoms. The maximum absolute atomic E-state index is 4.90. The average Bonchev–Trinajstić information content (AvgIpc) is 2.14. The molecule has 0 saturated carbocycles. The van der Waals surface area contributed by atoms with E-state index in [2.05, 4.69) is 6.11 Å². The predicted octanol–water partition coefficient (Wildman–Crippen LogP) is 2.31. The first-order chi connectivity index (χ1) is 5.93. The van der Waals surface area contributed by atoms with Crippen molar-refractivity contribution in [2.45, 2.75) is 0 Å². The Labute approximate surface area is 72.7 Å². The van der Waals surface area contributed by atoms with Gasteiger partial charge in [0.05, 0.1) is 0 Å². The Morgan fingerprint density at radius 3 is 2.75 bits per heavy atom. The van der Waals surface area contributed by atoms with E-state index >= 15 is 0 Å². The highest BCUT2D eigenvalue weighted by Crippen LogP contribution is 2.00. The highest BCUT2D eigenvalue weighted by Gasteiger charge is 1.81. The molecule has 0 fully saturated rings. The Kier molecular flexibility index (Phi) is 3.53. The summed E-state index contributed by atoms with van der Waals surface area (Å²) in [7, 11) is 0. The number of rotatable bonds is 3. The van der Waals surface area contributed by atoms with E-state index in [-0.39, 0.29) is 0 Å². The zero-order valence-electron chi connectivity index (χ0n) is 6.73. The van der Waals surface area contributed by atoms with Crippen molar-refractivity contribution < 1.29 is 4.74 Å². The third-order valence-corrected chi connectivity index (χ3v) is 1.37. The third-order valence-electron chi connectivity index (χ3n) is 1.37. The zero-order chi connectivity index (χ0) is 8.65. The molecule has 1 rings (SSSR count). The van der Waals surface area contributed by atoms with E-state index < -0.39 is 0 Å². The van der Waals surface area contributed by atoms with Crippen molar-refractivity contribution in [2.24, 2.45) is 0 Å². The molecule has 0 atom stereocenters. The van der Waals surface area contributed by atoms with Crippen LogP contribution in [0.15, 0.2) is 36.4 Å². The predicted molar refractivity (Wildman–Crippen MR) is 50.3 cm³/mol. The van der Waals surface area contributed by atoms with E-state index in [4.69, 9.17) is 11.2 Å². The molecule has 0 aliphatic carbocycles.